The minimum Gasteiger partial charge on any atom is -0.481 e. The first-order valence-corrected chi connectivity index (χ1v) is 12.4. The van der Waals surface area contributed by atoms with Gasteiger partial charge in [-0.05, 0) is 38.7 Å². The van der Waals surface area contributed by atoms with Crippen LogP contribution in [0, 0.1) is 5.82 Å². The maximum atomic E-state index is 15.5. The number of halogens is 1. The number of benzene rings is 1. The van der Waals surface area contributed by atoms with Crippen molar-refractivity contribution in [1.29, 1.82) is 0 Å². The molecule has 0 saturated carbocycles. The van der Waals surface area contributed by atoms with E-state index in [0.29, 0.717) is 54.5 Å². The highest BCUT2D eigenvalue weighted by Gasteiger charge is 2.32. The standard InChI is InChI=1S/C26H34FN3O6/c1-15-5-6-18-23-19(12-21(27)24(18)28-9-7-16(31)8-10-28)25(34)20(13-29(15)23)26(35)36-17(11-22(32)33)14-30(2,3)4/h12-13,15-17,31H,5-11,14H2,1-4H3/p+1. The summed E-state index contributed by atoms with van der Waals surface area (Å²) in [5.74, 6) is -2.53. The van der Waals surface area contributed by atoms with Crippen LogP contribution in [0.25, 0.3) is 10.9 Å². The first-order chi connectivity index (χ1) is 16.9. The number of hydrogen-bond acceptors (Lipinski definition) is 6. The summed E-state index contributed by atoms with van der Waals surface area (Å²) in [4.78, 5) is 39.9. The summed E-state index contributed by atoms with van der Waals surface area (Å²) in [6, 6.07) is 1.17. The number of aryl methyl sites for hydroxylation is 1. The topological polar surface area (TPSA) is 109 Å². The molecule has 4 rings (SSSR count). The summed E-state index contributed by atoms with van der Waals surface area (Å²) in [5, 5.41) is 19.3. The van der Waals surface area contributed by atoms with E-state index >= 15 is 4.39 Å². The molecule has 2 atom stereocenters. The number of aliphatic hydroxyl groups is 1. The van der Waals surface area contributed by atoms with Gasteiger partial charge in [-0.25, -0.2) is 9.18 Å². The van der Waals surface area contributed by atoms with E-state index in [9.17, 15) is 24.6 Å². The summed E-state index contributed by atoms with van der Waals surface area (Å²) in [6.45, 7) is 3.28. The average molecular weight is 505 g/mol. The van der Waals surface area contributed by atoms with E-state index in [1.165, 1.54) is 12.3 Å². The molecule has 2 N–H and O–H groups in total. The number of anilines is 1. The summed E-state index contributed by atoms with van der Waals surface area (Å²) in [7, 11) is 5.55. The number of hydrogen-bond donors (Lipinski definition) is 2. The van der Waals surface area contributed by atoms with Crippen molar-refractivity contribution >= 4 is 28.5 Å². The lowest BCUT2D eigenvalue weighted by Gasteiger charge is -2.36. The fraction of sp³-hybridized carbons (Fsp3) is 0.577. The predicted molar refractivity (Wildman–Crippen MR) is 133 cm³/mol. The number of ether oxygens (including phenoxy) is 1. The first kappa shape index (κ1) is 26.1. The number of nitrogens with zero attached hydrogens (tertiary/aromatic N) is 3. The van der Waals surface area contributed by atoms with Gasteiger partial charge in [0, 0.05) is 36.3 Å². The van der Waals surface area contributed by atoms with Crippen LogP contribution in [0.2, 0.25) is 0 Å². The third-order valence-corrected chi connectivity index (χ3v) is 7.05. The molecule has 0 aliphatic carbocycles. The number of esters is 1. The molecule has 1 saturated heterocycles. The molecule has 0 bridgehead atoms. The molecule has 1 fully saturated rings. The number of rotatable bonds is 7. The van der Waals surface area contributed by atoms with Crippen LogP contribution in [0.5, 0.6) is 0 Å². The van der Waals surface area contributed by atoms with Crippen molar-refractivity contribution < 1.29 is 33.4 Å². The molecular formula is C26H35FN3O6+. The largest absolute Gasteiger partial charge is 0.481 e. The van der Waals surface area contributed by atoms with E-state index in [-0.39, 0.29) is 30.0 Å². The molecular weight excluding hydrogens is 469 g/mol. The number of aliphatic carboxylic acids is 1. The lowest BCUT2D eigenvalue weighted by atomic mass is 9.93. The van der Waals surface area contributed by atoms with Gasteiger partial charge in [-0.1, -0.05) is 0 Å². The molecule has 0 spiro atoms. The van der Waals surface area contributed by atoms with Crippen molar-refractivity contribution in [3.05, 3.63) is 39.4 Å². The summed E-state index contributed by atoms with van der Waals surface area (Å²) < 4.78 is 23.3. The Kier molecular flexibility index (Phi) is 7.12. The van der Waals surface area contributed by atoms with Gasteiger partial charge in [0.05, 0.1) is 44.9 Å². The van der Waals surface area contributed by atoms with Gasteiger partial charge >= 0.3 is 11.9 Å². The number of carboxylic acids is 1. The van der Waals surface area contributed by atoms with Crippen molar-refractivity contribution in [1.82, 2.24) is 4.57 Å². The van der Waals surface area contributed by atoms with Crippen molar-refractivity contribution in [3.8, 4) is 0 Å². The second kappa shape index (κ2) is 9.82. The van der Waals surface area contributed by atoms with Gasteiger partial charge in [-0.15, -0.1) is 0 Å². The van der Waals surface area contributed by atoms with E-state index < -0.39 is 35.4 Å². The Morgan fingerprint density at radius 3 is 2.50 bits per heavy atom. The van der Waals surface area contributed by atoms with Crippen LogP contribution in [0.4, 0.5) is 10.1 Å². The monoisotopic (exact) mass is 504 g/mol. The number of quaternary nitrogens is 1. The van der Waals surface area contributed by atoms with Crippen molar-refractivity contribution in [2.24, 2.45) is 0 Å². The van der Waals surface area contributed by atoms with Crippen LogP contribution in [0.3, 0.4) is 0 Å². The van der Waals surface area contributed by atoms with E-state index in [4.69, 9.17) is 4.74 Å². The van der Waals surface area contributed by atoms with E-state index in [2.05, 4.69) is 0 Å². The fourth-order valence-corrected chi connectivity index (χ4v) is 5.38. The van der Waals surface area contributed by atoms with Gasteiger partial charge in [0.1, 0.15) is 17.9 Å². The Labute approximate surface area is 209 Å². The summed E-state index contributed by atoms with van der Waals surface area (Å²) in [5.41, 5.74) is 0.971. The Morgan fingerprint density at radius 2 is 1.89 bits per heavy atom. The zero-order valence-corrected chi connectivity index (χ0v) is 21.3. The highest BCUT2D eigenvalue weighted by molar-refractivity contribution is 5.96. The molecule has 0 amide bonds. The fourth-order valence-electron chi connectivity index (χ4n) is 5.38. The van der Waals surface area contributed by atoms with E-state index in [1.807, 2.05) is 37.5 Å². The van der Waals surface area contributed by atoms with Crippen LogP contribution < -0.4 is 10.3 Å². The van der Waals surface area contributed by atoms with Gasteiger partial charge < -0.3 is 28.9 Å². The molecule has 36 heavy (non-hydrogen) atoms. The summed E-state index contributed by atoms with van der Waals surface area (Å²) >= 11 is 0. The number of pyridine rings is 1. The van der Waals surface area contributed by atoms with Gasteiger partial charge in [0.25, 0.3) is 0 Å². The average Bonchev–Trinajstić information content (AvgIpc) is 2.76. The Hall–Kier alpha value is -2.98. The molecule has 2 aliphatic rings. The minimum absolute atomic E-state index is 0.0327. The number of carbonyl (C=O) groups excluding carboxylic acids is 1. The van der Waals surface area contributed by atoms with Crippen LogP contribution in [0.1, 0.15) is 54.6 Å². The van der Waals surface area contributed by atoms with Crippen molar-refractivity contribution in [3.63, 3.8) is 0 Å². The summed E-state index contributed by atoms with van der Waals surface area (Å²) in [6.07, 6.45) is 2.18. The Balaban J connectivity index is 1.78. The predicted octanol–water partition coefficient (Wildman–Crippen LogP) is 2.32. The highest BCUT2D eigenvalue weighted by atomic mass is 19.1. The quantitative estimate of drug-likeness (QED) is 0.440. The maximum absolute atomic E-state index is 15.5. The molecule has 2 aliphatic heterocycles. The van der Waals surface area contributed by atoms with Crippen molar-refractivity contribution in [2.45, 2.75) is 57.3 Å². The van der Waals surface area contributed by atoms with Crippen LogP contribution in [0.15, 0.2) is 17.1 Å². The number of aliphatic hydroxyl groups excluding tert-OH is 1. The molecule has 10 heteroatoms. The molecule has 0 radical (unpaired) electrons. The van der Waals surface area contributed by atoms with E-state index in [0.717, 1.165) is 5.56 Å². The third-order valence-electron chi connectivity index (χ3n) is 7.05. The number of piperidine rings is 1. The number of carboxylic acid groups (broad SMARTS) is 1. The van der Waals surface area contributed by atoms with Gasteiger partial charge in [-0.3, -0.25) is 9.59 Å². The second-order valence-electron chi connectivity index (χ2n) is 11.1. The maximum Gasteiger partial charge on any atom is 0.344 e. The van der Waals surface area contributed by atoms with E-state index in [1.54, 1.807) is 0 Å². The second-order valence-corrected chi connectivity index (χ2v) is 11.1. The molecule has 2 aromatic rings. The Morgan fingerprint density at radius 1 is 1.22 bits per heavy atom. The normalized spacial score (nSPS) is 19.4. The van der Waals surface area contributed by atoms with Gasteiger partial charge in [0.15, 0.2) is 6.10 Å². The smallest absolute Gasteiger partial charge is 0.344 e. The minimum atomic E-state index is -1.11. The van der Waals surface area contributed by atoms with Gasteiger partial charge in [0.2, 0.25) is 5.43 Å². The first-order valence-electron chi connectivity index (χ1n) is 12.4. The SMILES string of the molecule is CC1CCc2c(N3CCC(O)CC3)c(F)cc3c(=O)c(C(=O)OC(CC(=O)O)C[N+](C)(C)C)cn1c23. The van der Waals surface area contributed by atoms with Gasteiger partial charge in [-0.2, -0.15) is 0 Å². The lowest BCUT2D eigenvalue weighted by Crippen LogP contribution is -2.44. The number of likely N-dealkylation sites (N-methyl/N-ethyl adjacent to an activating group) is 1. The number of carbonyl (C=O) groups is 2. The zero-order valence-electron chi connectivity index (χ0n) is 21.3. The molecule has 196 valence electrons. The van der Waals surface area contributed by atoms with Crippen LogP contribution in [-0.2, 0) is 16.0 Å². The zero-order chi connectivity index (χ0) is 26.4. The molecule has 2 unspecified atom stereocenters. The number of aromatic nitrogens is 1. The molecule has 1 aromatic carbocycles. The van der Waals surface area contributed by atoms with Crippen molar-refractivity contribution in [2.75, 3.05) is 45.7 Å². The molecule has 9 nitrogen and oxygen atoms in total. The Bertz CT molecular complexity index is 1240. The highest BCUT2D eigenvalue weighted by Crippen LogP contribution is 2.39. The molecule has 1 aromatic heterocycles. The lowest BCUT2D eigenvalue weighted by molar-refractivity contribution is -0.873. The van der Waals surface area contributed by atoms with Crippen LogP contribution >= 0.6 is 0 Å². The van der Waals surface area contributed by atoms with Crippen LogP contribution in [-0.4, -0.2) is 84.2 Å². The third kappa shape index (κ3) is 5.24. The molecule has 3 heterocycles.